The van der Waals surface area contributed by atoms with E-state index >= 15 is 0 Å². The standard InChI is InChI=1S/C57H95N15O17S/c1-38(2)33-45(69-53(80)42(64-37-73)19-32-90-5)55(82)70-46(34-41-13-7-6-8-14-41)56(83)67-43(15-9-11-20-60-49(76)17-24-86-28-30-88-26-22-62-51(78)39(3)71-65-35-47(58)74)54(81)68-44(57(84)85)16-10-12-21-61-50(77)18-25-87-29-31-89-27-23-63-52(79)40(4)72-66-36-48(59)75/h6-8,13-14,37-38,42-46,65-66H,9-12,15-36H2,1-5H3,(H2,58,74)(H2,59,75)(H,60,76)(H,61,77)(H,62,78)(H,63,79)(H,64,73)(H,67,83)(H,68,81)(H,69,80)(H,70,82)(H,84,85)/b71-39+,72-40+. The zero-order valence-electron chi connectivity index (χ0n) is 52.2. The number of amides is 11. The number of rotatable bonds is 54. The molecule has 1 aromatic carbocycles. The quantitative estimate of drug-likeness (QED) is 0.0132. The van der Waals surface area contributed by atoms with Crippen molar-refractivity contribution in [2.45, 2.75) is 129 Å². The molecule has 32 nitrogen and oxygen atoms in total. The summed E-state index contributed by atoms with van der Waals surface area (Å²) in [6, 6.07) is 2.65. The van der Waals surface area contributed by atoms with Crippen LogP contribution in [0.4, 0.5) is 0 Å². The Morgan fingerprint density at radius 3 is 1.44 bits per heavy atom. The highest BCUT2D eigenvalue weighted by Crippen LogP contribution is 2.12. The molecule has 1 aromatic rings. The summed E-state index contributed by atoms with van der Waals surface area (Å²) < 4.78 is 21.8. The van der Waals surface area contributed by atoms with Crippen LogP contribution in [-0.2, 0) is 82.9 Å². The molecule has 33 heteroatoms. The number of ether oxygens (including phenoxy) is 4. The number of primary amides is 2. The van der Waals surface area contributed by atoms with Gasteiger partial charge in [-0.15, -0.1) is 0 Å². The van der Waals surface area contributed by atoms with Gasteiger partial charge in [-0.05, 0) is 88.7 Å². The second-order valence-corrected chi connectivity index (χ2v) is 21.7. The molecule has 506 valence electrons. The number of nitrogens with zero attached hydrogens (tertiary/aromatic N) is 2. The number of hydrogen-bond acceptors (Lipinski definition) is 21. The molecule has 11 amide bonds. The number of thioether (sulfide) groups is 1. The van der Waals surface area contributed by atoms with E-state index in [0.717, 1.165) is 0 Å². The van der Waals surface area contributed by atoms with Gasteiger partial charge in [-0.2, -0.15) is 22.0 Å². The van der Waals surface area contributed by atoms with Gasteiger partial charge in [0.2, 0.25) is 53.7 Å². The first-order chi connectivity index (χ1) is 43.1. The fourth-order valence-corrected chi connectivity index (χ4v) is 8.31. The minimum absolute atomic E-state index is 0.0198. The van der Waals surface area contributed by atoms with Crippen LogP contribution < -0.4 is 70.2 Å². The van der Waals surface area contributed by atoms with Crippen molar-refractivity contribution in [3.63, 3.8) is 0 Å². The summed E-state index contributed by atoms with van der Waals surface area (Å²) in [7, 11) is 0. The third-order valence-electron chi connectivity index (χ3n) is 12.6. The average molecular weight is 1290 g/mol. The molecule has 0 fully saturated rings. The first-order valence-electron chi connectivity index (χ1n) is 29.8. The average Bonchev–Trinajstić information content (AvgIpc) is 2.45. The van der Waals surface area contributed by atoms with E-state index in [1.54, 1.807) is 30.3 Å². The maximum Gasteiger partial charge on any atom is 0.326 e. The predicted molar refractivity (Wildman–Crippen MR) is 334 cm³/mol. The molecule has 16 N–H and O–H groups in total. The van der Waals surface area contributed by atoms with Gasteiger partial charge in [0, 0.05) is 45.4 Å². The van der Waals surface area contributed by atoms with Crippen molar-refractivity contribution in [1.29, 1.82) is 0 Å². The van der Waals surface area contributed by atoms with Gasteiger partial charge in [0.05, 0.1) is 52.9 Å². The van der Waals surface area contributed by atoms with E-state index in [0.29, 0.717) is 37.0 Å². The van der Waals surface area contributed by atoms with Crippen LogP contribution in [0, 0.1) is 5.92 Å². The van der Waals surface area contributed by atoms with Crippen molar-refractivity contribution >= 4 is 94.6 Å². The van der Waals surface area contributed by atoms with Crippen LogP contribution in [0.5, 0.6) is 0 Å². The molecule has 0 radical (unpaired) electrons. The van der Waals surface area contributed by atoms with Gasteiger partial charge < -0.3 is 94.2 Å². The molecular formula is C57H95N15O17S. The first kappa shape index (κ1) is 80.0. The highest BCUT2D eigenvalue weighted by atomic mass is 32.2. The van der Waals surface area contributed by atoms with Crippen LogP contribution in [-0.4, -0.2) is 222 Å². The zero-order chi connectivity index (χ0) is 66.9. The topological polar surface area (TPSA) is 471 Å². The van der Waals surface area contributed by atoms with Crippen LogP contribution in [0.2, 0.25) is 0 Å². The maximum absolute atomic E-state index is 14.5. The van der Waals surface area contributed by atoms with Gasteiger partial charge in [-0.1, -0.05) is 44.2 Å². The highest BCUT2D eigenvalue weighted by Gasteiger charge is 2.33. The van der Waals surface area contributed by atoms with Crippen LogP contribution in [0.25, 0.3) is 0 Å². The lowest BCUT2D eigenvalue weighted by molar-refractivity contribution is -0.142. The summed E-state index contributed by atoms with van der Waals surface area (Å²) in [6.07, 6.45) is 3.87. The van der Waals surface area contributed by atoms with Crippen molar-refractivity contribution in [1.82, 2.24) is 58.7 Å². The third-order valence-corrected chi connectivity index (χ3v) is 13.2. The summed E-state index contributed by atoms with van der Waals surface area (Å²) >= 11 is 1.47. The van der Waals surface area contributed by atoms with E-state index in [-0.39, 0.29) is 173 Å². The fourth-order valence-electron chi connectivity index (χ4n) is 7.84. The van der Waals surface area contributed by atoms with E-state index in [1.807, 2.05) is 20.1 Å². The first-order valence-corrected chi connectivity index (χ1v) is 31.2. The third kappa shape index (κ3) is 40.5. The Morgan fingerprint density at radius 2 is 0.978 bits per heavy atom. The Hall–Kier alpha value is -8.01. The number of benzene rings is 1. The monoisotopic (exact) mass is 1290 g/mol. The van der Waals surface area contributed by atoms with Gasteiger partial charge in [0.25, 0.3) is 11.8 Å². The van der Waals surface area contributed by atoms with Gasteiger partial charge in [-0.25, -0.2) is 4.79 Å². The van der Waals surface area contributed by atoms with Gasteiger partial charge in [0.15, 0.2) is 0 Å². The minimum Gasteiger partial charge on any atom is -0.480 e. The van der Waals surface area contributed by atoms with E-state index < -0.39 is 83.4 Å². The maximum atomic E-state index is 14.5. The molecule has 1 rings (SSSR count). The van der Waals surface area contributed by atoms with Crippen molar-refractivity contribution in [3.05, 3.63) is 35.9 Å². The summed E-state index contributed by atoms with van der Waals surface area (Å²) in [6.45, 7) is 8.19. The number of carbonyl (C=O) groups excluding carboxylic acids is 11. The summed E-state index contributed by atoms with van der Waals surface area (Å²) in [4.78, 5) is 151. The normalized spacial score (nSPS) is 13.0. The Labute approximate surface area is 529 Å². The Morgan fingerprint density at radius 1 is 0.544 bits per heavy atom. The van der Waals surface area contributed by atoms with Crippen LogP contribution >= 0.6 is 11.8 Å². The lowest BCUT2D eigenvalue weighted by Crippen LogP contribution is -2.59. The molecule has 0 aliphatic heterocycles. The number of carbonyl (C=O) groups is 12. The molecule has 0 spiro atoms. The number of nitrogens with one attached hydrogen (secondary N) is 11. The van der Waals surface area contributed by atoms with Gasteiger partial charge in [0.1, 0.15) is 54.7 Å². The second-order valence-electron chi connectivity index (χ2n) is 20.7. The molecular weight excluding hydrogens is 1200 g/mol. The number of carboxylic acid groups (broad SMARTS) is 1. The Kier molecular flexibility index (Phi) is 44.3. The number of hydrogen-bond donors (Lipinski definition) is 14. The molecule has 0 saturated heterocycles. The number of hydrazone groups is 2. The smallest absolute Gasteiger partial charge is 0.326 e. The minimum atomic E-state index is -1.40. The molecule has 0 aromatic heterocycles. The molecule has 0 aliphatic rings. The number of carboxylic acids is 1. The number of nitrogens with two attached hydrogens (primary N) is 2. The van der Waals surface area contributed by atoms with Crippen molar-refractivity contribution in [2.75, 3.05) is 104 Å². The van der Waals surface area contributed by atoms with Gasteiger partial charge in [-0.3, -0.25) is 52.7 Å². The molecule has 5 atom stereocenters. The van der Waals surface area contributed by atoms with Crippen LogP contribution in [0.3, 0.4) is 0 Å². The van der Waals surface area contributed by atoms with E-state index in [2.05, 4.69) is 68.9 Å². The van der Waals surface area contributed by atoms with Crippen LogP contribution in [0.1, 0.15) is 97.5 Å². The largest absolute Gasteiger partial charge is 0.480 e. The predicted octanol–water partition coefficient (Wildman–Crippen LogP) is -3.28. The van der Waals surface area contributed by atoms with Crippen molar-refractivity contribution in [2.24, 2.45) is 27.6 Å². The molecule has 0 heterocycles. The second kappa shape index (κ2) is 49.8. The van der Waals surface area contributed by atoms with Crippen molar-refractivity contribution in [3.8, 4) is 0 Å². The number of unbranched alkanes of at least 4 members (excludes halogenated alkanes) is 2. The fraction of sp³-hybridized carbons (Fsp3) is 0.649. The molecule has 0 bridgehead atoms. The number of aliphatic carboxylic acids is 1. The van der Waals surface area contributed by atoms with Crippen LogP contribution in [0.15, 0.2) is 40.5 Å². The van der Waals surface area contributed by atoms with E-state index in [1.165, 1.54) is 25.6 Å². The van der Waals surface area contributed by atoms with Gasteiger partial charge >= 0.3 is 5.97 Å². The Balaban J connectivity index is 2.98. The summed E-state index contributed by atoms with van der Waals surface area (Å²) in [5, 5.41) is 41.7. The summed E-state index contributed by atoms with van der Waals surface area (Å²) in [5.74, 6) is -6.61. The summed E-state index contributed by atoms with van der Waals surface area (Å²) in [5.41, 5.74) is 15.6. The SMILES string of the molecule is CSCCC(NC=O)C(=O)NC(CC(C)C)C(=O)NC(Cc1ccccc1)C(=O)NC(CCCCNC(=O)CCOCCOCCNC(=O)/C(C)=N/NCC(N)=O)C(=O)NC(CCCCNC(=O)CCOCCOCCNC(=O)/C(C)=N/NCC(N)=O)C(=O)O. The zero-order valence-corrected chi connectivity index (χ0v) is 53.1. The molecule has 90 heavy (non-hydrogen) atoms. The Bertz CT molecular complexity index is 2440. The van der Waals surface area contributed by atoms with Crippen molar-refractivity contribution < 1.29 is 81.6 Å². The van der Waals surface area contributed by atoms with E-state index in [9.17, 15) is 62.6 Å². The highest BCUT2D eigenvalue weighted by molar-refractivity contribution is 7.98. The van der Waals surface area contributed by atoms with E-state index in [4.69, 9.17) is 30.4 Å². The lowest BCUT2D eigenvalue weighted by atomic mass is 10.00. The molecule has 5 unspecified atom stereocenters. The molecule has 0 saturated carbocycles. The molecule has 0 aliphatic carbocycles. The lowest BCUT2D eigenvalue weighted by Gasteiger charge is -2.27.